The minimum atomic E-state index is 0.0446. The summed E-state index contributed by atoms with van der Waals surface area (Å²) >= 11 is 3.29. The van der Waals surface area contributed by atoms with E-state index >= 15 is 0 Å². The highest BCUT2D eigenvalue weighted by atomic mass is 79.9. The summed E-state index contributed by atoms with van der Waals surface area (Å²) in [7, 11) is 4.89. The van der Waals surface area contributed by atoms with Gasteiger partial charge in [-0.15, -0.1) is 0 Å². The van der Waals surface area contributed by atoms with Crippen LogP contribution < -0.4 is 10.1 Å². The largest absolute Gasteiger partial charge is 0.503 e. The maximum absolute atomic E-state index is 9.86. The van der Waals surface area contributed by atoms with Crippen LogP contribution in [0.1, 0.15) is 5.69 Å². The molecule has 0 amide bonds. The second-order valence-corrected chi connectivity index (χ2v) is 5.11. The van der Waals surface area contributed by atoms with Crippen molar-refractivity contribution in [1.82, 2.24) is 9.97 Å². The van der Waals surface area contributed by atoms with Crippen LogP contribution in [0.25, 0.3) is 11.4 Å². The summed E-state index contributed by atoms with van der Waals surface area (Å²) in [4.78, 5) is 8.87. The summed E-state index contributed by atoms with van der Waals surface area (Å²) in [5, 5.41) is 12.9. The highest BCUT2D eigenvalue weighted by molar-refractivity contribution is 9.10. The molecule has 0 unspecified atom stereocenters. The minimum absolute atomic E-state index is 0.0446. The lowest BCUT2D eigenvalue weighted by atomic mass is 10.2. The molecule has 0 saturated heterocycles. The zero-order valence-electron chi connectivity index (χ0n) is 12.0. The fourth-order valence-electron chi connectivity index (χ4n) is 1.84. The van der Waals surface area contributed by atoms with E-state index in [0.717, 1.165) is 11.3 Å². The Bertz CT molecular complexity index is 650. The van der Waals surface area contributed by atoms with E-state index in [2.05, 4.69) is 31.2 Å². The van der Waals surface area contributed by atoms with Crippen LogP contribution >= 0.6 is 15.9 Å². The monoisotopic (exact) mass is 353 g/mol. The Labute approximate surface area is 131 Å². The molecule has 0 radical (unpaired) electrons. The maximum Gasteiger partial charge on any atom is 0.172 e. The van der Waals surface area contributed by atoms with E-state index in [4.69, 9.17) is 9.47 Å². The third kappa shape index (κ3) is 3.43. The molecule has 7 heteroatoms. The first-order valence-electron chi connectivity index (χ1n) is 6.20. The Morgan fingerprint density at radius 1 is 1.24 bits per heavy atom. The lowest BCUT2D eigenvalue weighted by Crippen LogP contribution is -2.02. The topological polar surface area (TPSA) is 76.5 Å². The molecule has 0 bridgehead atoms. The minimum Gasteiger partial charge on any atom is -0.503 e. The smallest absolute Gasteiger partial charge is 0.172 e. The molecule has 0 spiro atoms. The van der Waals surface area contributed by atoms with Crippen molar-refractivity contribution in [3.63, 3.8) is 0 Å². The molecule has 0 fully saturated rings. The normalized spacial score (nSPS) is 10.5. The van der Waals surface area contributed by atoms with Gasteiger partial charge < -0.3 is 19.9 Å². The number of nitrogens with one attached hydrogen (secondary N) is 1. The van der Waals surface area contributed by atoms with Gasteiger partial charge in [0.2, 0.25) is 0 Å². The first-order valence-corrected chi connectivity index (χ1v) is 6.99. The number of aromatic hydroxyl groups is 1. The standard InChI is InChI=1S/C14H16BrN3O3/c1-16-12-6-9(7-20-2)17-14(18-12)8-4-10(15)13(19)11(5-8)21-3/h4-6,19H,7H2,1-3H3,(H,16,17,18). The SMILES string of the molecule is CNc1cc(COC)nc(-c2cc(Br)c(O)c(OC)c2)n1. The van der Waals surface area contributed by atoms with Gasteiger partial charge in [-0.3, -0.25) is 0 Å². The van der Waals surface area contributed by atoms with Crippen LogP contribution in [0.4, 0.5) is 5.82 Å². The highest BCUT2D eigenvalue weighted by Crippen LogP contribution is 2.37. The number of aromatic nitrogens is 2. The van der Waals surface area contributed by atoms with Gasteiger partial charge in [-0.05, 0) is 28.1 Å². The van der Waals surface area contributed by atoms with Crippen LogP contribution in [0.15, 0.2) is 22.7 Å². The van der Waals surface area contributed by atoms with Crippen molar-refractivity contribution < 1.29 is 14.6 Å². The molecule has 112 valence electrons. The van der Waals surface area contributed by atoms with E-state index in [1.54, 1.807) is 26.3 Å². The fourth-order valence-corrected chi connectivity index (χ4v) is 2.28. The highest BCUT2D eigenvalue weighted by Gasteiger charge is 2.13. The average molecular weight is 354 g/mol. The van der Waals surface area contributed by atoms with Gasteiger partial charge in [0.25, 0.3) is 0 Å². The summed E-state index contributed by atoms with van der Waals surface area (Å²) in [6.07, 6.45) is 0. The summed E-state index contributed by atoms with van der Waals surface area (Å²) < 4.78 is 10.8. The second-order valence-electron chi connectivity index (χ2n) is 4.26. The first kappa shape index (κ1) is 15.5. The molecule has 1 aromatic carbocycles. The van der Waals surface area contributed by atoms with Crippen LogP contribution in [0.3, 0.4) is 0 Å². The zero-order chi connectivity index (χ0) is 15.4. The Morgan fingerprint density at radius 3 is 2.62 bits per heavy atom. The quantitative estimate of drug-likeness (QED) is 0.860. The molecule has 0 aliphatic rings. The predicted octanol–water partition coefficient (Wildman–Crippen LogP) is 2.81. The van der Waals surface area contributed by atoms with Gasteiger partial charge in [0, 0.05) is 25.8 Å². The molecule has 2 N–H and O–H groups in total. The van der Waals surface area contributed by atoms with Crippen molar-refractivity contribution in [2.24, 2.45) is 0 Å². The van der Waals surface area contributed by atoms with Gasteiger partial charge in [-0.1, -0.05) is 0 Å². The molecule has 6 nitrogen and oxygen atoms in total. The summed E-state index contributed by atoms with van der Waals surface area (Å²) in [6, 6.07) is 5.24. The maximum atomic E-state index is 9.86. The van der Waals surface area contributed by atoms with Gasteiger partial charge in [-0.2, -0.15) is 0 Å². The Hall–Kier alpha value is -1.86. The molecular formula is C14H16BrN3O3. The fraction of sp³-hybridized carbons (Fsp3) is 0.286. The number of phenolic OH excluding ortho intramolecular Hbond substituents is 1. The van der Waals surface area contributed by atoms with Gasteiger partial charge in [0.1, 0.15) is 5.82 Å². The number of halogens is 1. The Kier molecular flexibility index (Phi) is 4.98. The van der Waals surface area contributed by atoms with E-state index in [0.29, 0.717) is 28.5 Å². The molecular weight excluding hydrogens is 338 g/mol. The number of methoxy groups -OCH3 is 2. The Balaban J connectivity index is 2.55. The molecule has 2 aromatic rings. The van der Waals surface area contributed by atoms with Crippen molar-refractivity contribution in [1.29, 1.82) is 0 Å². The van der Waals surface area contributed by atoms with Gasteiger partial charge in [0.05, 0.1) is 23.9 Å². The van der Waals surface area contributed by atoms with Crippen molar-refractivity contribution in [3.05, 3.63) is 28.4 Å². The van der Waals surface area contributed by atoms with Crippen molar-refractivity contribution in [2.75, 3.05) is 26.6 Å². The zero-order valence-corrected chi connectivity index (χ0v) is 13.6. The number of hydrogen-bond donors (Lipinski definition) is 2. The van der Waals surface area contributed by atoms with Crippen molar-refractivity contribution >= 4 is 21.7 Å². The summed E-state index contributed by atoms with van der Waals surface area (Å²) in [5.41, 5.74) is 1.49. The third-order valence-electron chi connectivity index (χ3n) is 2.83. The van der Waals surface area contributed by atoms with E-state index in [1.807, 2.05) is 6.07 Å². The van der Waals surface area contributed by atoms with Crippen molar-refractivity contribution in [2.45, 2.75) is 6.61 Å². The molecule has 1 aromatic heterocycles. The third-order valence-corrected chi connectivity index (χ3v) is 3.44. The van der Waals surface area contributed by atoms with Crippen LogP contribution in [-0.2, 0) is 11.3 Å². The van der Waals surface area contributed by atoms with Crippen LogP contribution in [0, 0.1) is 0 Å². The number of rotatable bonds is 5. The lowest BCUT2D eigenvalue weighted by molar-refractivity contribution is 0.181. The molecule has 0 aliphatic carbocycles. The van der Waals surface area contributed by atoms with Crippen LogP contribution in [-0.4, -0.2) is 36.3 Å². The number of benzene rings is 1. The lowest BCUT2D eigenvalue weighted by Gasteiger charge is -2.10. The molecule has 0 saturated carbocycles. The second kappa shape index (κ2) is 6.73. The molecule has 0 atom stereocenters. The number of hydrogen-bond acceptors (Lipinski definition) is 6. The van der Waals surface area contributed by atoms with Crippen LogP contribution in [0.5, 0.6) is 11.5 Å². The predicted molar refractivity (Wildman–Crippen MR) is 83.6 cm³/mol. The number of ether oxygens (including phenoxy) is 2. The molecule has 21 heavy (non-hydrogen) atoms. The molecule has 0 aliphatic heterocycles. The Morgan fingerprint density at radius 2 is 2.00 bits per heavy atom. The van der Waals surface area contributed by atoms with E-state index in [9.17, 15) is 5.11 Å². The van der Waals surface area contributed by atoms with Gasteiger partial charge in [-0.25, -0.2) is 9.97 Å². The summed E-state index contributed by atoms with van der Waals surface area (Å²) in [6.45, 7) is 0.389. The average Bonchev–Trinajstić information content (AvgIpc) is 2.49. The van der Waals surface area contributed by atoms with Crippen LogP contribution in [0.2, 0.25) is 0 Å². The number of phenols is 1. The first-order chi connectivity index (χ1) is 10.1. The van der Waals surface area contributed by atoms with E-state index in [-0.39, 0.29) is 5.75 Å². The summed E-state index contributed by atoms with van der Waals surface area (Å²) in [5.74, 6) is 1.61. The van der Waals surface area contributed by atoms with E-state index in [1.165, 1.54) is 7.11 Å². The van der Waals surface area contributed by atoms with Gasteiger partial charge in [0.15, 0.2) is 17.3 Å². The number of anilines is 1. The number of nitrogens with zero attached hydrogens (tertiary/aromatic N) is 2. The van der Waals surface area contributed by atoms with E-state index < -0.39 is 0 Å². The van der Waals surface area contributed by atoms with Crippen molar-refractivity contribution in [3.8, 4) is 22.9 Å². The van der Waals surface area contributed by atoms with Gasteiger partial charge >= 0.3 is 0 Å². The molecule has 2 rings (SSSR count). The molecule has 1 heterocycles.